The predicted octanol–water partition coefficient (Wildman–Crippen LogP) is 1.01. The molecule has 3 N–H and O–H groups in total. The molecule has 1 aromatic rings. The third-order valence-electron chi connectivity index (χ3n) is 1.93. The summed E-state index contributed by atoms with van der Waals surface area (Å²) in [6, 6.07) is 3.82. The first-order chi connectivity index (χ1) is 7.95. The van der Waals surface area contributed by atoms with Crippen molar-refractivity contribution in [3.63, 3.8) is 0 Å². The lowest BCUT2D eigenvalue weighted by Gasteiger charge is -2.12. The van der Waals surface area contributed by atoms with Gasteiger partial charge in [-0.1, -0.05) is 11.6 Å². The number of hydrogen-bond acceptors (Lipinski definition) is 5. The molecule has 0 radical (unpaired) electrons. The Balaban J connectivity index is 3.00. The average Bonchev–Trinajstić information content (AvgIpc) is 2.27. The van der Waals surface area contributed by atoms with Gasteiger partial charge in [0, 0.05) is 17.2 Å². The van der Waals surface area contributed by atoms with Crippen molar-refractivity contribution >= 4 is 23.2 Å². The Morgan fingerprint density at radius 3 is 2.82 bits per heavy atom. The third-order valence-corrected chi connectivity index (χ3v) is 2.17. The summed E-state index contributed by atoms with van der Waals surface area (Å²) in [5.74, 6) is 4.23. The lowest BCUT2D eigenvalue weighted by Crippen LogP contribution is -2.40. The number of hydrogen-bond donors (Lipinski definition) is 2. The van der Waals surface area contributed by atoms with Crippen LogP contribution in [0.2, 0.25) is 5.02 Å². The molecule has 0 aliphatic carbocycles. The normalized spacial score (nSPS) is 11.7. The van der Waals surface area contributed by atoms with E-state index >= 15 is 0 Å². The van der Waals surface area contributed by atoms with Crippen LogP contribution in [0, 0.1) is 10.1 Å². The second-order valence-electron chi connectivity index (χ2n) is 3.14. The molecule has 0 heterocycles. The van der Waals surface area contributed by atoms with Gasteiger partial charge >= 0.3 is 5.69 Å². The summed E-state index contributed by atoms with van der Waals surface area (Å²) in [7, 11) is 0. The number of carbonyl (C=O) groups excluding carboxylic acids is 1. The van der Waals surface area contributed by atoms with Crippen molar-refractivity contribution < 1.29 is 14.5 Å². The molecule has 0 aliphatic heterocycles. The fourth-order valence-electron chi connectivity index (χ4n) is 1.09. The van der Waals surface area contributed by atoms with Crippen LogP contribution in [-0.2, 0) is 4.79 Å². The van der Waals surface area contributed by atoms with Gasteiger partial charge in [0.2, 0.25) is 0 Å². The first kappa shape index (κ1) is 13.2. The van der Waals surface area contributed by atoms with Crippen molar-refractivity contribution in [1.82, 2.24) is 5.43 Å². The Kier molecular flexibility index (Phi) is 4.24. The van der Waals surface area contributed by atoms with Crippen LogP contribution in [-0.4, -0.2) is 16.9 Å². The molecule has 1 rings (SSSR count). The van der Waals surface area contributed by atoms with Gasteiger partial charge in [-0.2, -0.15) is 0 Å². The maximum atomic E-state index is 11.1. The van der Waals surface area contributed by atoms with Gasteiger partial charge in [-0.05, 0) is 13.0 Å². The van der Waals surface area contributed by atoms with E-state index in [1.807, 2.05) is 5.43 Å². The molecule has 0 bridgehead atoms. The van der Waals surface area contributed by atoms with Crippen molar-refractivity contribution in [2.45, 2.75) is 13.0 Å². The minimum atomic E-state index is -0.961. The fourth-order valence-corrected chi connectivity index (χ4v) is 1.26. The van der Waals surface area contributed by atoms with Crippen LogP contribution >= 0.6 is 11.6 Å². The van der Waals surface area contributed by atoms with Crippen molar-refractivity contribution in [2.75, 3.05) is 0 Å². The van der Waals surface area contributed by atoms with E-state index in [0.717, 1.165) is 0 Å². The number of benzene rings is 1. The molecule has 0 saturated carbocycles. The van der Waals surface area contributed by atoms with E-state index < -0.39 is 16.9 Å². The van der Waals surface area contributed by atoms with E-state index in [2.05, 4.69) is 0 Å². The molecular weight excluding hydrogens is 250 g/mol. The van der Waals surface area contributed by atoms with Gasteiger partial charge in [0.1, 0.15) is 0 Å². The number of hydrazine groups is 1. The molecular formula is C9H10ClN3O4. The Bertz CT molecular complexity index is 452. The molecule has 0 spiro atoms. The number of nitro benzene ring substituents is 1. The van der Waals surface area contributed by atoms with Crippen LogP contribution in [0.25, 0.3) is 0 Å². The van der Waals surface area contributed by atoms with Crippen LogP contribution < -0.4 is 16.0 Å². The topological polar surface area (TPSA) is 107 Å². The van der Waals surface area contributed by atoms with Crippen molar-refractivity contribution in [2.24, 2.45) is 5.84 Å². The maximum Gasteiger partial charge on any atom is 0.311 e. The van der Waals surface area contributed by atoms with Crippen LogP contribution in [0.5, 0.6) is 5.75 Å². The first-order valence-electron chi connectivity index (χ1n) is 4.56. The van der Waals surface area contributed by atoms with E-state index in [4.69, 9.17) is 22.2 Å². The number of nitro groups is 1. The van der Waals surface area contributed by atoms with Gasteiger partial charge in [0.05, 0.1) is 4.92 Å². The summed E-state index contributed by atoms with van der Waals surface area (Å²) < 4.78 is 5.12. The Hall–Kier alpha value is -1.86. The molecule has 7 nitrogen and oxygen atoms in total. The monoisotopic (exact) mass is 259 g/mol. The highest BCUT2D eigenvalue weighted by atomic mass is 35.5. The van der Waals surface area contributed by atoms with E-state index in [0.29, 0.717) is 0 Å². The zero-order valence-electron chi connectivity index (χ0n) is 8.84. The Labute approximate surface area is 102 Å². The summed E-state index contributed by atoms with van der Waals surface area (Å²) in [4.78, 5) is 21.2. The first-order valence-corrected chi connectivity index (χ1v) is 4.94. The Morgan fingerprint density at radius 1 is 1.65 bits per heavy atom. The lowest BCUT2D eigenvalue weighted by molar-refractivity contribution is -0.386. The molecule has 1 aromatic carbocycles. The minimum absolute atomic E-state index is 0.0846. The molecule has 0 saturated heterocycles. The van der Waals surface area contributed by atoms with E-state index in [1.165, 1.54) is 25.1 Å². The predicted molar refractivity (Wildman–Crippen MR) is 60.5 cm³/mol. The number of nitrogens with zero attached hydrogens (tertiary/aromatic N) is 1. The van der Waals surface area contributed by atoms with Gasteiger partial charge in [-0.25, -0.2) is 5.84 Å². The third kappa shape index (κ3) is 3.30. The lowest BCUT2D eigenvalue weighted by atomic mass is 10.3. The highest BCUT2D eigenvalue weighted by Gasteiger charge is 2.20. The molecule has 0 fully saturated rings. The van der Waals surface area contributed by atoms with E-state index in [1.54, 1.807) is 0 Å². The van der Waals surface area contributed by atoms with Crippen LogP contribution in [0.15, 0.2) is 18.2 Å². The molecule has 0 aliphatic rings. The quantitative estimate of drug-likeness (QED) is 0.363. The van der Waals surface area contributed by atoms with Crippen LogP contribution in [0.1, 0.15) is 6.92 Å². The largest absolute Gasteiger partial charge is 0.474 e. The number of ether oxygens (including phenoxy) is 1. The molecule has 92 valence electrons. The number of nitrogens with two attached hydrogens (primary N) is 1. The van der Waals surface area contributed by atoms with Crippen molar-refractivity contribution in [1.29, 1.82) is 0 Å². The number of nitrogens with one attached hydrogen (secondary N) is 1. The highest BCUT2D eigenvalue weighted by Crippen LogP contribution is 2.30. The summed E-state index contributed by atoms with van der Waals surface area (Å²) in [5, 5.41) is 11.0. The maximum absolute atomic E-state index is 11.1. The van der Waals surface area contributed by atoms with E-state index in [9.17, 15) is 14.9 Å². The van der Waals surface area contributed by atoms with Gasteiger partial charge in [0.15, 0.2) is 11.9 Å². The molecule has 8 heteroatoms. The number of amides is 1. The number of carbonyl (C=O) groups is 1. The molecule has 1 amide bonds. The van der Waals surface area contributed by atoms with Gasteiger partial charge < -0.3 is 4.74 Å². The zero-order chi connectivity index (χ0) is 13.0. The molecule has 0 aromatic heterocycles. The van der Waals surface area contributed by atoms with Crippen molar-refractivity contribution in [3.8, 4) is 5.75 Å². The van der Waals surface area contributed by atoms with Crippen LogP contribution in [0.3, 0.4) is 0 Å². The summed E-state index contributed by atoms with van der Waals surface area (Å²) in [6.45, 7) is 1.41. The second-order valence-corrected chi connectivity index (χ2v) is 3.57. The molecule has 17 heavy (non-hydrogen) atoms. The van der Waals surface area contributed by atoms with Crippen molar-refractivity contribution in [3.05, 3.63) is 33.3 Å². The number of rotatable bonds is 4. The van der Waals surface area contributed by atoms with Gasteiger partial charge in [-0.15, -0.1) is 0 Å². The van der Waals surface area contributed by atoms with Crippen LogP contribution in [0.4, 0.5) is 5.69 Å². The standard InChI is InChI=1S/C9H10ClN3O4/c1-5(9(14)12-11)17-8-4-6(10)2-3-7(8)13(15)16/h2-5H,11H2,1H3,(H,12,14). The molecule has 1 unspecified atom stereocenters. The highest BCUT2D eigenvalue weighted by molar-refractivity contribution is 6.30. The number of halogens is 1. The zero-order valence-corrected chi connectivity index (χ0v) is 9.60. The Morgan fingerprint density at radius 2 is 2.29 bits per heavy atom. The average molecular weight is 260 g/mol. The summed E-state index contributed by atoms with van der Waals surface area (Å²) >= 11 is 5.69. The summed E-state index contributed by atoms with van der Waals surface area (Å²) in [6.07, 6.45) is -0.961. The van der Waals surface area contributed by atoms with Gasteiger partial charge in [0.25, 0.3) is 5.91 Å². The minimum Gasteiger partial charge on any atom is -0.474 e. The molecule has 1 atom stereocenters. The van der Waals surface area contributed by atoms with Gasteiger partial charge in [-0.3, -0.25) is 20.3 Å². The fraction of sp³-hybridized carbons (Fsp3) is 0.222. The SMILES string of the molecule is CC(Oc1cc(Cl)ccc1[N+](=O)[O-])C(=O)NN. The smallest absolute Gasteiger partial charge is 0.311 e. The second kappa shape index (κ2) is 5.46. The van der Waals surface area contributed by atoms with E-state index in [-0.39, 0.29) is 16.5 Å². The summed E-state index contributed by atoms with van der Waals surface area (Å²) in [5.41, 5.74) is 1.61.